The lowest BCUT2D eigenvalue weighted by Crippen LogP contribution is -2.46. The van der Waals surface area contributed by atoms with Crippen molar-refractivity contribution in [2.75, 3.05) is 36.0 Å². The van der Waals surface area contributed by atoms with Crippen LogP contribution in [0, 0.1) is 6.92 Å². The van der Waals surface area contributed by atoms with Crippen LogP contribution in [-0.4, -0.2) is 40.5 Å². The Balaban J connectivity index is 1.49. The number of para-hydroxylation sites is 1. The van der Waals surface area contributed by atoms with Gasteiger partial charge in [0, 0.05) is 37.7 Å². The second-order valence-corrected chi connectivity index (χ2v) is 6.80. The van der Waals surface area contributed by atoms with Gasteiger partial charge in [-0.3, -0.25) is 0 Å². The zero-order valence-corrected chi connectivity index (χ0v) is 13.3. The van der Waals surface area contributed by atoms with Crippen molar-refractivity contribution in [2.45, 2.75) is 6.92 Å². The SMILES string of the molecule is Cc1nsc(N2CCN(c3nc4ccccc4s3)CC2)n1. The van der Waals surface area contributed by atoms with Crippen LogP contribution in [-0.2, 0) is 0 Å². The molecule has 0 N–H and O–H groups in total. The smallest absolute Gasteiger partial charge is 0.205 e. The zero-order chi connectivity index (χ0) is 14.2. The van der Waals surface area contributed by atoms with Crippen molar-refractivity contribution in [3.8, 4) is 0 Å². The minimum atomic E-state index is 0.864. The third kappa shape index (κ3) is 2.47. The minimum Gasteiger partial charge on any atom is -0.345 e. The van der Waals surface area contributed by atoms with Crippen LogP contribution < -0.4 is 9.80 Å². The maximum Gasteiger partial charge on any atom is 0.205 e. The Morgan fingerprint density at radius 1 is 0.952 bits per heavy atom. The van der Waals surface area contributed by atoms with E-state index in [2.05, 4.69) is 37.4 Å². The fourth-order valence-electron chi connectivity index (χ4n) is 2.50. The summed E-state index contributed by atoms with van der Waals surface area (Å²) in [5.41, 5.74) is 1.10. The molecule has 0 spiro atoms. The first-order chi connectivity index (χ1) is 10.3. The number of aryl methyl sites for hydroxylation is 1. The number of aromatic nitrogens is 3. The molecule has 0 bridgehead atoms. The third-order valence-corrected chi connectivity index (χ3v) is 5.59. The zero-order valence-electron chi connectivity index (χ0n) is 11.7. The second-order valence-electron chi connectivity index (χ2n) is 5.06. The highest BCUT2D eigenvalue weighted by molar-refractivity contribution is 7.22. The molecule has 1 aromatic carbocycles. The van der Waals surface area contributed by atoms with Gasteiger partial charge in [0.15, 0.2) is 5.13 Å². The predicted molar refractivity (Wildman–Crippen MR) is 88.7 cm³/mol. The number of benzene rings is 1. The fourth-order valence-corrected chi connectivity index (χ4v) is 4.24. The molecule has 0 unspecified atom stereocenters. The molecule has 2 aromatic heterocycles. The summed E-state index contributed by atoms with van der Waals surface area (Å²) in [5, 5.41) is 2.17. The van der Waals surface area contributed by atoms with Crippen molar-refractivity contribution in [1.29, 1.82) is 0 Å². The molecule has 21 heavy (non-hydrogen) atoms. The Bertz CT molecular complexity index is 724. The molecule has 1 aliphatic rings. The number of hydrogen-bond acceptors (Lipinski definition) is 7. The molecule has 0 saturated carbocycles. The summed E-state index contributed by atoms with van der Waals surface area (Å²) in [6.07, 6.45) is 0. The first-order valence-corrected chi connectivity index (χ1v) is 8.54. The molecule has 3 aromatic rings. The minimum absolute atomic E-state index is 0.864. The molecule has 0 radical (unpaired) electrons. The standard InChI is InChI=1S/C14H15N5S2/c1-10-15-14(21-17-10)19-8-6-18(7-9-19)13-16-11-4-2-3-5-12(11)20-13/h2-5H,6-9H2,1H3. The highest BCUT2D eigenvalue weighted by Crippen LogP contribution is 2.29. The monoisotopic (exact) mass is 317 g/mol. The van der Waals surface area contributed by atoms with E-state index < -0.39 is 0 Å². The predicted octanol–water partition coefficient (Wildman–Crippen LogP) is 2.78. The van der Waals surface area contributed by atoms with E-state index in [1.165, 1.54) is 16.2 Å². The van der Waals surface area contributed by atoms with E-state index in [1.807, 2.05) is 13.0 Å². The van der Waals surface area contributed by atoms with E-state index in [1.54, 1.807) is 11.3 Å². The van der Waals surface area contributed by atoms with Crippen LogP contribution in [0.5, 0.6) is 0 Å². The Kier molecular flexibility index (Phi) is 3.23. The number of hydrogen-bond donors (Lipinski definition) is 0. The molecule has 0 atom stereocenters. The highest BCUT2D eigenvalue weighted by atomic mass is 32.1. The number of anilines is 2. The molecular weight excluding hydrogens is 302 g/mol. The summed E-state index contributed by atoms with van der Waals surface area (Å²) in [6.45, 7) is 5.86. The van der Waals surface area contributed by atoms with Crippen LogP contribution >= 0.6 is 22.9 Å². The topological polar surface area (TPSA) is 45.2 Å². The van der Waals surface area contributed by atoms with Gasteiger partial charge >= 0.3 is 0 Å². The van der Waals surface area contributed by atoms with E-state index >= 15 is 0 Å². The van der Waals surface area contributed by atoms with E-state index in [9.17, 15) is 0 Å². The molecule has 5 nitrogen and oxygen atoms in total. The molecule has 4 rings (SSSR count). The lowest BCUT2D eigenvalue weighted by molar-refractivity contribution is 0.650. The second kappa shape index (κ2) is 5.23. The number of fused-ring (bicyclic) bond motifs is 1. The van der Waals surface area contributed by atoms with Gasteiger partial charge in [0.05, 0.1) is 10.2 Å². The third-order valence-electron chi connectivity index (χ3n) is 3.62. The van der Waals surface area contributed by atoms with Crippen LogP contribution in [0.25, 0.3) is 10.2 Å². The molecule has 7 heteroatoms. The van der Waals surface area contributed by atoms with Crippen LogP contribution in [0.2, 0.25) is 0 Å². The molecule has 0 amide bonds. The van der Waals surface area contributed by atoms with Crippen molar-refractivity contribution in [1.82, 2.24) is 14.3 Å². The molecule has 1 aliphatic heterocycles. The summed E-state index contributed by atoms with van der Waals surface area (Å²) >= 11 is 3.27. The molecule has 108 valence electrons. The van der Waals surface area contributed by atoms with Crippen LogP contribution in [0.1, 0.15) is 5.82 Å². The Morgan fingerprint density at radius 2 is 1.67 bits per heavy atom. The normalized spacial score (nSPS) is 15.9. The van der Waals surface area contributed by atoms with Crippen molar-refractivity contribution in [2.24, 2.45) is 0 Å². The first-order valence-electron chi connectivity index (χ1n) is 6.95. The average molecular weight is 317 g/mol. The number of rotatable bonds is 2. The van der Waals surface area contributed by atoms with Crippen molar-refractivity contribution >= 4 is 43.3 Å². The van der Waals surface area contributed by atoms with Gasteiger partial charge in [-0.2, -0.15) is 4.37 Å². The van der Waals surface area contributed by atoms with Gasteiger partial charge in [-0.25, -0.2) is 9.97 Å². The summed E-state index contributed by atoms with van der Waals surface area (Å²) < 4.78 is 5.52. The molecule has 1 fully saturated rings. The van der Waals surface area contributed by atoms with Crippen molar-refractivity contribution < 1.29 is 0 Å². The lowest BCUT2D eigenvalue weighted by atomic mass is 10.3. The van der Waals surface area contributed by atoms with Crippen LogP contribution in [0.4, 0.5) is 10.3 Å². The van der Waals surface area contributed by atoms with E-state index in [0.717, 1.165) is 47.8 Å². The Morgan fingerprint density at radius 3 is 2.33 bits per heavy atom. The van der Waals surface area contributed by atoms with E-state index in [0.29, 0.717) is 0 Å². The van der Waals surface area contributed by atoms with E-state index in [4.69, 9.17) is 4.98 Å². The van der Waals surface area contributed by atoms with Gasteiger partial charge in [0.2, 0.25) is 5.13 Å². The number of nitrogens with zero attached hydrogens (tertiary/aromatic N) is 5. The fraction of sp³-hybridized carbons (Fsp3) is 0.357. The molecular formula is C14H15N5S2. The maximum atomic E-state index is 4.74. The lowest BCUT2D eigenvalue weighted by Gasteiger charge is -2.34. The van der Waals surface area contributed by atoms with Crippen molar-refractivity contribution in [3.63, 3.8) is 0 Å². The number of piperazine rings is 1. The average Bonchev–Trinajstić information content (AvgIpc) is 3.13. The van der Waals surface area contributed by atoms with Crippen LogP contribution in [0.15, 0.2) is 24.3 Å². The summed E-state index contributed by atoms with van der Waals surface area (Å²) in [6, 6.07) is 8.33. The van der Waals surface area contributed by atoms with Crippen molar-refractivity contribution in [3.05, 3.63) is 30.1 Å². The Hall–Kier alpha value is -1.73. The van der Waals surface area contributed by atoms with Gasteiger partial charge in [0.1, 0.15) is 5.82 Å². The van der Waals surface area contributed by atoms with Gasteiger partial charge in [-0.1, -0.05) is 23.5 Å². The van der Waals surface area contributed by atoms with E-state index in [-0.39, 0.29) is 0 Å². The summed E-state index contributed by atoms with van der Waals surface area (Å²) in [4.78, 5) is 13.9. The quantitative estimate of drug-likeness (QED) is 0.727. The van der Waals surface area contributed by atoms with Gasteiger partial charge in [0.25, 0.3) is 0 Å². The highest BCUT2D eigenvalue weighted by Gasteiger charge is 2.21. The first kappa shape index (κ1) is 13.0. The molecule has 3 heterocycles. The van der Waals surface area contributed by atoms with Crippen LogP contribution in [0.3, 0.4) is 0 Å². The maximum absolute atomic E-state index is 4.74. The molecule has 1 saturated heterocycles. The van der Waals surface area contributed by atoms with Gasteiger partial charge in [-0.05, 0) is 19.1 Å². The van der Waals surface area contributed by atoms with Gasteiger partial charge in [-0.15, -0.1) is 0 Å². The summed E-state index contributed by atoms with van der Waals surface area (Å²) in [7, 11) is 0. The van der Waals surface area contributed by atoms with Gasteiger partial charge < -0.3 is 9.80 Å². The Labute approximate surface area is 131 Å². The number of thiazole rings is 1. The molecule has 0 aliphatic carbocycles. The summed E-state index contributed by atoms with van der Waals surface area (Å²) in [5.74, 6) is 0.864. The largest absolute Gasteiger partial charge is 0.345 e.